The molecule has 0 bridgehead atoms. The molecule has 0 saturated heterocycles. The first kappa shape index (κ1) is 18.2. The molecule has 146 valence electrons. The van der Waals surface area contributed by atoms with E-state index in [1.807, 2.05) is 24.3 Å². The highest BCUT2D eigenvalue weighted by atomic mass is 16.5. The van der Waals surface area contributed by atoms with Crippen molar-refractivity contribution in [1.82, 2.24) is 9.97 Å². The first-order valence-electron chi connectivity index (χ1n) is 9.31. The molecule has 0 fully saturated rings. The molecule has 7 nitrogen and oxygen atoms in total. The lowest BCUT2D eigenvalue weighted by atomic mass is 9.97. The summed E-state index contributed by atoms with van der Waals surface area (Å²) in [5, 5.41) is 4.08. The minimum atomic E-state index is 0.406. The molecule has 0 radical (unpaired) electrons. The quantitative estimate of drug-likeness (QED) is 0.702. The Morgan fingerprint density at radius 2 is 1.93 bits per heavy atom. The number of anilines is 2. The van der Waals surface area contributed by atoms with Gasteiger partial charge in [-0.1, -0.05) is 18.2 Å². The number of fused-ring (bicyclic) bond motifs is 2. The van der Waals surface area contributed by atoms with Gasteiger partial charge in [0.25, 0.3) is 0 Å². The van der Waals surface area contributed by atoms with E-state index in [1.54, 1.807) is 20.3 Å². The number of nitrogens with two attached hydrogens (primary N) is 1. The van der Waals surface area contributed by atoms with E-state index in [4.69, 9.17) is 19.9 Å². The Kier molecular flexibility index (Phi) is 5.06. The maximum atomic E-state index is 6.16. The monoisotopic (exact) mass is 380 g/mol. The highest BCUT2D eigenvalue weighted by molar-refractivity contribution is 5.91. The fourth-order valence-corrected chi connectivity index (χ4v) is 3.53. The van der Waals surface area contributed by atoms with Crippen LogP contribution in [0.25, 0.3) is 10.9 Å². The Morgan fingerprint density at radius 3 is 2.75 bits per heavy atom. The maximum Gasteiger partial charge on any atom is 0.225 e. The molecule has 28 heavy (non-hydrogen) atoms. The first-order valence-corrected chi connectivity index (χ1v) is 9.31. The molecule has 1 unspecified atom stereocenters. The van der Waals surface area contributed by atoms with Crippen molar-refractivity contribution in [3.05, 3.63) is 42.0 Å². The second-order valence-electron chi connectivity index (χ2n) is 6.85. The maximum absolute atomic E-state index is 6.16. The molecule has 2 heterocycles. The van der Waals surface area contributed by atoms with Gasteiger partial charge in [0.05, 0.1) is 26.3 Å². The molecule has 0 amide bonds. The Labute approximate surface area is 163 Å². The lowest BCUT2D eigenvalue weighted by Crippen LogP contribution is -2.19. The predicted octanol–water partition coefficient (Wildman–Crippen LogP) is 3.28. The average Bonchev–Trinajstić information content (AvgIpc) is 2.93. The molecule has 3 aromatic rings. The molecule has 4 rings (SSSR count). The smallest absolute Gasteiger partial charge is 0.225 e. The zero-order valence-corrected chi connectivity index (χ0v) is 16.1. The fraction of sp³-hybridized carbons (Fsp3) is 0.333. The summed E-state index contributed by atoms with van der Waals surface area (Å²) in [4.78, 5) is 9.02. The van der Waals surface area contributed by atoms with Crippen LogP contribution in [0.2, 0.25) is 0 Å². The number of hydrogen-bond donors (Lipinski definition) is 2. The van der Waals surface area contributed by atoms with E-state index in [1.165, 1.54) is 5.56 Å². The van der Waals surface area contributed by atoms with Crippen molar-refractivity contribution in [3.8, 4) is 17.2 Å². The van der Waals surface area contributed by atoms with Crippen LogP contribution in [0.4, 0.5) is 11.8 Å². The van der Waals surface area contributed by atoms with Crippen LogP contribution in [0.15, 0.2) is 36.4 Å². The van der Waals surface area contributed by atoms with Crippen LogP contribution in [0.1, 0.15) is 12.0 Å². The summed E-state index contributed by atoms with van der Waals surface area (Å²) in [5.41, 5.74) is 8.11. The summed E-state index contributed by atoms with van der Waals surface area (Å²) in [6.07, 6.45) is 1.92. The summed E-state index contributed by atoms with van der Waals surface area (Å²) < 4.78 is 16.5. The topological polar surface area (TPSA) is 91.5 Å². The molecule has 1 aromatic heterocycles. The van der Waals surface area contributed by atoms with Gasteiger partial charge in [0.1, 0.15) is 11.6 Å². The molecular formula is C21H24N4O3. The average molecular weight is 380 g/mol. The standard InChI is InChI=1S/C21H24N4O3/c1-26-18-10-15-16(11-19(18)27-2)24-21(25-20(15)22)23-12-13-7-8-28-17-6-4-3-5-14(17)9-13/h3-6,10-11,13H,7-9,12H2,1-2H3,(H3,22,23,24,25). The SMILES string of the molecule is COc1cc2nc(NCC3CCOc4ccccc4C3)nc(N)c2cc1OC. The Balaban J connectivity index is 1.53. The van der Waals surface area contributed by atoms with Crippen LogP contribution < -0.4 is 25.3 Å². The number of rotatable bonds is 5. The van der Waals surface area contributed by atoms with Crippen LogP contribution in [-0.2, 0) is 6.42 Å². The van der Waals surface area contributed by atoms with Crippen LogP contribution in [0.5, 0.6) is 17.2 Å². The highest BCUT2D eigenvalue weighted by Crippen LogP contribution is 2.34. The van der Waals surface area contributed by atoms with Crippen molar-refractivity contribution in [2.24, 2.45) is 5.92 Å². The molecule has 0 spiro atoms. The van der Waals surface area contributed by atoms with E-state index in [0.717, 1.165) is 30.5 Å². The van der Waals surface area contributed by atoms with Crippen LogP contribution >= 0.6 is 0 Å². The number of ether oxygens (including phenoxy) is 3. The molecule has 0 saturated carbocycles. The lowest BCUT2D eigenvalue weighted by Gasteiger charge is -2.15. The minimum Gasteiger partial charge on any atom is -0.493 e. The van der Waals surface area contributed by atoms with Gasteiger partial charge in [0.15, 0.2) is 11.5 Å². The van der Waals surface area contributed by atoms with Crippen molar-refractivity contribution >= 4 is 22.7 Å². The number of para-hydroxylation sites is 1. The largest absolute Gasteiger partial charge is 0.493 e. The number of nitrogens with zero attached hydrogens (tertiary/aromatic N) is 2. The third-order valence-corrected chi connectivity index (χ3v) is 5.04. The summed E-state index contributed by atoms with van der Waals surface area (Å²) in [5.74, 6) is 3.53. The molecule has 7 heteroatoms. The van der Waals surface area contributed by atoms with Crippen LogP contribution in [0, 0.1) is 5.92 Å². The molecule has 1 atom stereocenters. The van der Waals surface area contributed by atoms with Gasteiger partial charge in [-0.3, -0.25) is 0 Å². The third kappa shape index (κ3) is 3.60. The first-order chi connectivity index (χ1) is 13.7. The van der Waals surface area contributed by atoms with Crippen molar-refractivity contribution in [3.63, 3.8) is 0 Å². The molecule has 1 aliphatic heterocycles. The summed E-state index contributed by atoms with van der Waals surface area (Å²) in [7, 11) is 3.19. The van der Waals surface area contributed by atoms with Gasteiger partial charge in [-0.15, -0.1) is 0 Å². The Hall–Kier alpha value is -3.22. The Morgan fingerprint density at radius 1 is 1.14 bits per heavy atom. The van der Waals surface area contributed by atoms with Crippen LogP contribution in [0.3, 0.4) is 0 Å². The third-order valence-electron chi connectivity index (χ3n) is 5.04. The van der Waals surface area contributed by atoms with Crippen LogP contribution in [-0.4, -0.2) is 37.3 Å². The van der Waals surface area contributed by atoms with Crippen molar-refractivity contribution in [2.75, 3.05) is 38.4 Å². The number of methoxy groups -OCH3 is 2. The lowest BCUT2D eigenvalue weighted by molar-refractivity contribution is 0.298. The Bertz CT molecular complexity index is 993. The zero-order valence-electron chi connectivity index (χ0n) is 16.1. The van der Waals surface area contributed by atoms with E-state index in [0.29, 0.717) is 41.3 Å². The summed E-state index contributed by atoms with van der Waals surface area (Å²) >= 11 is 0. The van der Waals surface area contributed by atoms with Gasteiger partial charge in [-0.2, -0.15) is 4.98 Å². The van der Waals surface area contributed by atoms with E-state index in [9.17, 15) is 0 Å². The number of nitrogens with one attached hydrogen (secondary N) is 1. The van der Waals surface area contributed by atoms with E-state index < -0.39 is 0 Å². The molecule has 2 aromatic carbocycles. The number of benzene rings is 2. The number of aromatic nitrogens is 2. The minimum absolute atomic E-state index is 0.406. The number of hydrogen-bond acceptors (Lipinski definition) is 7. The molecule has 0 aliphatic carbocycles. The second kappa shape index (κ2) is 7.80. The molecule has 1 aliphatic rings. The van der Waals surface area contributed by atoms with Gasteiger partial charge < -0.3 is 25.3 Å². The summed E-state index contributed by atoms with van der Waals surface area (Å²) in [6.45, 7) is 1.46. The van der Waals surface area contributed by atoms with Gasteiger partial charge in [-0.25, -0.2) is 4.98 Å². The van der Waals surface area contributed by atoms with Gasteiger partial charge >= 0.3 is 0 Å². The van der Waals surface area contributed by atoms with Gasteiger partial charge in [0.2, 0.25) is 5.95 Å². The fourth-order valence-electron chi connectivity index (χ4n) is 3.53. The van der Waals surface area contributed by atoms with Crippen molar-refractivity contribution in [2.45, 2.75) is 12.8 Å². The molecular weight excluding hydrogens is 356 g/mol. The summed E-state index contributed by atoms with van der Waals surface area (Å²) in [6, 6.07) is 11.8. The van der Waals surface area contributed by atoms with Crippen molar-refractivity contribution < 1.29 is 14.2 Å². The highest BCUT2D eigenvalue weighted by Gasteiger charge is 2.18. The van der Waals surface area contributed by atoms with Gasteiger partial charge in [-0.05, 0) is 36.5 Å². The normalized spacial score (nSPS) is 16.0. The van der Waals surface area contributed by atoms with E-state index in [-0.39, 0.29) is 0 Å². The zero-order chi connectivity index (χ0) is 19.5. The number of nitrogen functional groups attached to an aromatic ring is 1. The van der Waals surface area contributed by atoms with E-state index >= 15 is 0 Å². The molecule has 3 N–H and O–H groups in total. The van der Waals surface area contributed by atoms with Crippen molar-refractivity contribution in [1.29, 1.82) is 0 Å². The van der Waals surface area contributed by atoms with E-state index in [2.05, 4.69) is 21.4 Å². The second-order valence-corrected chi connectivity index (χ2v) is 6.85. The van der Waals surface area contributed by atoms with Gasteiger partial charge in [0, 0.05) is 18.0 Å². The predicted molar refractivity (Wildman–Crippen MR) is 109 cm³/mol.